The van der Waals surface area contributed by atoms with Crippen molar-refractivity contribution in [2.24, 2.45) is 5.41 Å². The summed E-state index contributed by atoms with van der Waals surface area (Å²) in [4.78, 5) is 0. The van der Waals surface area contributed by atoms with E-state index in [9.17, 15) is 0 Å². The maximum atomic E-state index is 5.82. The number of hydrogen-bond acceptors (Lipinski definition) is 2. The van der Waals surface area contributed by atoms with Crippen LogP contribution < -0.4 is 11.1 Å². The van der Waals surface area contributed by atoms with Gasteiger partial charge in [-0.1, -0.05) is 26.8 Å². The van der Waals surface area contributed by atoms with Gasteiger partial charge in [0.25, 0.3) is 0 Å². The molecule has 1 aromatic carbocycles. The Balaban J connectivity index is 2.73. The molecule has 0 aliphatic rings. The van der Waals surface area contributed by atoms with Gasteiger partial charge in [-0.2, -0.15) is 0 Å². The van der Waals surface area contributed by atoms with E-state index in [2.05, 4.69) is 32.2 Å². The monoisotopic (exact) mass is 192 g/mol. The van der Waals surface area contributed by atoms with Crippen molar-refractivity contribution in [3.8, 4) is 0 Å². The summed E-state index contributed by atoms with van der Waals surface area (Å²) in [6.45, 7) is 9.63. The smallest absolute Gasteiger partial charge is 0.0390 e. The normalized spacial score (nSPS) is 11.4. The van der Waals surface area contributed by atoms with Crippen molar-refractivity contribution < 1.29 is 0 Å². The van der Waals surface area contributed by atoms with E-state index < -0.39 is 0 Å². The Hall–Kier alpha value is -1.18. The third-order valence-corrected chi connectivity index (χ3v) is 2.18. The van der Waals surface area contributed by atoms with Crippen LogP contribution >= 0.6 is 0 Å². The summed E-state index contributed by atoms with van der Waals surface area (Å²) in [6, 6.07) is 5.97. The van der Waals surface area contributed by atoms with Crippen LogP contribution in [0.5, 0.6) is 0 Å². The van der Waals surface area contributed by atoms with Crippen molar-refractivity contribution in [2.45, 2.75) is 27.7 Å². The van der Waals surface area contributed by atoms with Crippen LogP contribution in [0.3, 0.4) is 0 Å². The fourth-order valence-corrected chi connectivity index (χ4v) is 1.21. The molecule has 0 unspecified atom stereocenters. The highest BCUT2D eigenvalue weighted by molar-refractivity contribution is 5.62. The molecule has 2 heteroatoms. The average Bonchev–Trinajstić information content (AvgIpc) is 2.06. The minimum atomic E-state index is 0.289. The van der Waals surface area contributed by atoms with Crippen LogP contribution in [0.4, 0.5) is 11.4 Å². The fourth-order valence-electron chi connectivity index (χ4n) is 1.21. The van der Waals surface area contributed by atoms with E-state index in [0.29, 0.717) is 0 Å². The molecule has 0 atom stereocenters. The summed E-state index contributed by atoms with van der Waals surface area (Å²) < 4.78 is 0. The van der Waals surface area contributed by atoms with Gasteiger partial charge in [-0.05, 0) is 30.0 Å². The van der Waals surface area contributed by atoms with Crippen molar-refractivity contribution in [1.29, 1.82) is 0 Å². The second-order valence-electron chi connectivity index (χ2n) is 4.93. The Labute approximate surface area is 86.5 Å². The molecule has 0 saturated heterocycles. The van der Waals surface area contributed by atoms with Crippen molar-refractivity contribution in [3.05, 3.63) is 23.8 Å². The second-order valence-corrected chi connectivity index (χ2v) is 4.93. The number of rotatable bonds is 2. The molecule has 0 spiro atoms. The minimum Gasteiger partial charge on any atom is -0.398 e. The number of anilines is 2. The van der Waals surface area contributed by atoms with Gasteiger partial charge >= 0.3 is 0 Å². The van der Waals surface area contributed by atoms with Crippen molar-refractivity contribution >= 4 is 11.4 Å². The van der Waals surface area contributed by atoms with Crippen LogP contribution in [0, 0.1) is 12.3 Å². The summed E-state index contributed by atoms with van der Waals surface area (Å²) in [5, 5.41) is 3.41. The highest BCUT2D eigenvalue weighted by atomic mass is 14.9. The zero-order chi connectivity index (χ0) is 10.8. The molecule has 0 saturated carbocycles. The van der Waals surface area contributed by atoms with Gasteiger partial charge in [-0.25, -0.2) is 0 Å². The molecule has 14 heavy (non-hydrogen) atoms. The van der Waals surface area contributed by atoms with Crippen molar-refractivity contribution in [2.75, 3.05) is 17.6 Å². The van der Waals surface area contributed by atoms with Crippen LogP contribution in [-0.2, 0) is 0 Å². The highest BCUT2D eigenvalue weighted by Gasteiger charge is 2.10. The molecule has 0 heterocycles. The number of benzene rings is 1. The molecule has 78 valence electrons. The topological polar surface area (TPSA) is 38.0 Å². The molecule has 0 fully saturated rings. The highest BCUT2D eigenvalue weighted by Crippen LogP contribution is 2.22. The third kappa shape index (κ3) is 2.95. The van der Waals surface area contributed by atoms with E-state index in [1.807, 2.05) is 19.1 Å². The van der Waals surface area contributed by atoms with E-state index in [0.717, 1.165) is 23.5 Å². The van der Waals surface area contributed by atoms with Gasteiger partial charge in [-0.3, -0.25) is 0 Å². The van der Waals surface area contributed by atoms with Gasteiger partial charge in [0.15, 0.2) is 0 Å². The molecule has 0 aliphatic carbocycles. The number of hydrogen-bond donors (Lipinski definition) is 2. The largest absolute Gasteiger partial charge is 0.398 e. The van der Waals surface area contributed by atoms with E-state index >= 15 is 0 Å². The Kier molecular flexibility index (Phi) is 3.04. The molecule has 0 bridgehead atoms. The van der Waals surface area contributed by atoms with Crippen molar-refractivity contribution in [1.82, 2.24) is 0 Å². The van der Waals surface area contributed by atoms with Crippen LogP contribution in [0.1, 0.15) is 26.3 Å². The Bertz CT molecular complexity index is 311. The molecule has 1 rings (SSSR count). The Morgan fingerprint density at radius 1 is 1.29 bits per heavy atom. The van der Waals surface area contributed by atoms with Gasteiger partial charge in [0, 0.05) is 17.9 Å². The first-order chi connectivity index (χ1) is 6.40. The first kappa shape index (κ1) is 10.9. The zero-order valence-corrected chi connectivity index (χ0v) is 9.52. The van der Waals surface area contributed by atoms with Crippen molar-refractivity contribution in [3.63, 3.8) is 0 Å². The van der Waals surface area contributed by atoms with E-state index in [4.69, 9.17) is 5.73 Å². The minimum absolute atomic E-state index is 0.289. The summed E-state index contributed by atoms with van der Waals surface area (Å²) in [6.07, 6.45) is 0. The SMILES string of the molecule is Cc1c(N)cccc1NCC(C)(C)C. The molecule has 0 aliphatic heterocycles. The van der Waals surface area contributed by atoms with E-state index in [-0.39, 0.29) is 5.41 Å². The molecule has 1 aromatic rings. The fraction of sp³-hybridized carbons (Fsp3) is 0.500. The average molecular weight is 192 g/mol. The molecule has 3 N–H and O–H groups in total. The molecular formula is C12H20N2. The number of nitrogens with two attached hydrogens (primary N) is 1. The van der Waals surface area contributed by atoms with Crippen LogP contribution in [0.25, 0.3) is 0 Å². The van der Waals surface area contributed by atoms with Crippen LogP contribution in [-0.4, -0.2) is 6.54 Å². The quantitative estimate of drug-likeness (QED) is 0.707. The predicted molar refractivity (Wildman–Crippen MR) is 63.5 cm³/mol. The lowest BCUT2D eigenvalue weighted by Crippen LogP contribution is -2.19. The van der Waals surface area contributed by atoms with Crippen LogP contribution in [0.15, 0.2) is 18.2 Å². The first-order valence-corrected chi connectivity index (χ1v) is 4.99. The lowest BCUT2D eigenvalue weighted by molar-refractivity contribution is 0.443. The Morgan fingerprint density at radius 3 is 2.50 bits per heavy atom. The zero-order valence-electron chi connectivity index (χ0n) is 9.52. The summed E-state index contributed by atoms with van der Waals surface area (Å²) in [7, 11) is 0. The van der Waals surface area contributed by atoms with E-state index in [1.54, 1.807) is 0 Å². The van der Waals surface area contributed by atoms with Crippen LogP contribution in [0.2, 0.25) is 0 Å². The first-order valence-electron chi connectivity index (χ1n) is 4.99. The lowest BCUT2D eigenvalue weighted by atomic mass is 9.96. The number of nitrogens with one attached hydrogen (secondary N) is 1. The molecular weight excluding hydrogens is 172 g/mol. The molecule has 0 aromatic heterocycles. The van der Waals surface area contributed by atoms with Gasteiger partial charge in [0.1, 0.15) is 0 Å². The van der Waals surface area contributed by atoms with Gasteiger partial charge in [0.2, 0.25) is 0 Å². The maximum Gasteiger partial charge on any atom is 0.0390 e. The standard InChI is InChI=1S/C12H20N2/c1-9-10(13)6-5-7-11(9)14-8-12(2,3)4/h5-7,14H,8,13H2,1-4H3. The third-order valence-electron chi connectivity index (χ3n) is 2.18. The van der Waals surface area contributed by atoms with Gasteiger partial charge < -0.3 is 11.1 Å². The Morgan fingerprint density at radius 2 is 1.93 bits per heavy atom. The van der Waals surface area contributed by atoms with Gasteiger partial charge in [-0.15, -0.1) is 0 Å². The summed E-state index contributed by atoms with van der Waals surface area (Å²) in [5.74, 6) is 0. The summed E-state index contributed by atoms with van der Waals surface area (Å²) in [5.41, 5.74) is 9.23. The number of nitrogen functional groups attached to an aromatic ring is 1. The summed E-state index contributed by atoms with van der Waals surface area (Å²) >= 11 is 0. The maximum absolute atomic E-state index is 5.82. The molecule has 2 nitrogen and oxygen atoms in total. The van der Waals surface area contributed by atoms with Gasteiger partial charge in [0.05, 0.1) is 0 Å². The van der Waals surface area contributed by atoms with E-state index in [1.165, 1.54) is 0 Å². The lowest BCUT2D eigenvalue weighted by Gasteiger charge is -2.21. The predicted octanol–water partition coefficient (Wildman–Crippen LogP) is 3.04. The molecule has 0 amide bonds. The second kappa shape index (κ2) is 3.91. The molecule has 0 radical (unpaired) electrons.